The van der Waals surface area contributed by atoms with Crippen LogP contribution in [0.1, 0.15) is 12.8 Å². The van der Waals surface area contributed by atoms with Crippen LogP contribution in [0.2, 0.25) is 5.02 Å². The Morgan fingerprint density at radius 1 is 1.12 bits per heavy atom. The monoisotopic (exact) mass is 359 g/mol. The number of nitrogens with zero attached hydrogens (tertiary/aromatic N) is 4. The summed E-state index contributed by atoms with van der Waals surface area (Å²) < 4.78 is 0. The minimum absolute atomic E-state index is 0.192. The Bertz CT molecular complexity index is 831. The number of hydrogen-bond donors (Lipinski definition) is 1. The maximum atomic E-state index is 12.2. The van der Waals surface area contributed by atoms with Gasteiger partial charge in [0.2, 0.25) is 0 Å². The van der Waals surface area contributed by atoms with Crippen LogP contribution in [0.5, 0.6) is 0 Å². The summed E-state index contributed by atoms with van der Waals surface area (Å²) in [5.41, 5.74) is 0.791. The summed E-state index contributed by atoms with van der Waals surface area (Å²) in [4.78, 5) is 36.5. The highest BCUT2D eigenvalue weighted by Crippen LogP contribution is 2.26. The number of piperazine rings is 1. The smallest absolute Gasteiger partial charge is 0.312 e. The van der Waals surface area contributed by atoms with E-state index in [0.717, 1.165) is 29.6 Å². The fraction of sp³-hybridized carbons (Fsp3) is 0.412. The molecule has 7 nitrogen and oxygen atoms in total. The SMILES string of the molecule is O=C(NC1CC1)C(=O)N1CCN(c2ncnc3cc(Cl)ccc23)CC1. The normalized spacial score (nSPS) is 17.6. The summed E-state index contributed by atoms with van der Waals surface area (Å²) in [5, 5.41) is 4.31. The van der Waals surface area contributed by atoms with E-state index in [9.17, 15) is 9.59 Å². The fourth-order valence-electron chi connectivity index (χ4n) is 3.01. The molecule has 1 aromatic heterocycles. The second-order valence-electron chi connectivity index (χ2n) is 6.39. The molecule has 1 saturated heterocycles. The molecule has 0 unspecified atom stereocenters. The summed E-state index contributed by atoms with van der Waals surface area (Å²) in [6.07, 6.45) is 3.46. The standard InChI is InChI=1S/C17H18ClN5O2/c18-11-1-4-13-14(9-11)19-10-20-15(13)22-5-7-23(8-6-22)17(25)16(24)21-12-2-3-12/h1,4,9-10,12H,2-3,5-8H2,(H,21,24). The molecule has 2 aliphatic rings. The zero-order valence-corrected chi connectivity index (χ0v) is 14.4. The molecule has 8 heteroatoms. The highest BCUT2D eigenvalue weighted by Gasteiger charge is 2.31. The number of nitrogens with one attached hydrogen (secondary N) is 1. The molecule has 25 heavy (non-hydrogen) atoms. The van der Waals surface area contributed by atoms with Gasteiger partial charge >= 0.3 is 11.8 Å². The summed E-state index contributed by atoms with van der Waals surface area (Å²) in [6, 6.07) is 5.73. The number of fused-ring (bicyclic) bond motifs is 1. The van der Waals surface area contributed by atoms with Crippen molar-refractivity contribution < 1.29 is 9.59 Å². The molecule has 130 valence electrons. The summed E-state index contributed by atoms with van der Waals surface area (Å²) >= 11 is 6.02. The Morgan fingerprint density at radius 2 is 1.88 bits per heavy atom. The van der Waals surface area contributed by atoms with Gasteiger partial charge in [-0.05, 0) is 31.0 Å². The number of carbonyl (C=O) groups excluding carboxylic acids is 2. The lowest BCUT2D eigenvalue weighted by atomic mass is 10.2. The van der Waals surface area contributed by atoms with E-state index >= 15 is 0 Å². The lowest BCUT2D eigenvalue weighted by molar-refractivity contribution is -0.146. The van der Waals surface area contributed by atoms with E-state index in [-0.39, 0.29) is 6.04 Å². The molecular weight excluding hydrogens is 342 g/mol. The minimum Gasteiger partial charge on any atom is -0.352 e. The zero-order chi connectivity index (χ0) is 17.4. The third-order valence-electron chi connectivity index (χ3n) is 4.55. The molecule has 0 bridgehead atoms. The van der Waals surface area contributed by atoms with Crippen molar-refractivity contribution in [1.29, 1.82) is 0 Å². The summed E-state index contributed by atoms with van der Waals surface area (Å²) in [5.74, 6) is -0.0971. The van der Waals surface area contributed by atoms with Gasteiger partial charge in [-0.15, -0.1) is 0 Å². The topological polar surface area (TPSA) is 78.4 Å². The van der Waals surface area contributed by atoms with Crippen LogP contribution in [0.4, 0.5) is 5.82 Å². The fourth-order valence-corrected chi connectivity index (χ4v) is 3.17. The van der Waals surface area contributed by atoms with E-state index in [1.807, 2.05) is 18.2 Å². The van der Waals surface area contributed by atoms with Crippen LogP contribution in [-0.2, 0) is 9.59 Å². The van der Waals surface area contributed by atoms with Gasteiger partial charge in [-0.2, -0.15) is 0 Å². The number of amides is 2. The largest absolute Gasteiger partial charge is 0.352 e. The van der Waals surface area contributed by atoms with Gasteiger partial charge in [0.25, 0.3) is 0 Å². The number of halogens is 1. The van der Waals surface area contributed by atoms with Crippen LogP contribution < -0.4 is 10.2 Å². The molecule has 1 aliphatic carbocycles. The highest BCUT2D eigenvalue weighted by atomic mass is 35.5. The number of carbonyl (C=O) groups is 2. The van der Waals surface area contributed by atoms with Crippen molar-refractivity contribution in [3.63, 3.8) is 0 Å². The molecule has 4 rings (SSSR count). The first-order valence-corrected chi connectivity index (χ1v) is 8.74. The van der Waals surface area contributed by atoms with Crippen molar-refractivity contribution in [3.05, 3.63) is 29.5 Å². The van der Waals surface area contributed by atoms with Gasteiger partial charge in [0.1, 0.15) is 12.1 Å². The second kappa shape index (κ2) is 6.48. The Hall–Kier alpha value is -2.41. The van der Waals surface area contributed by atoms with E-state index in [2.05, 4.69) is 20.2 Å². The molecule has 1 N–H and O–H groups in total. The van der Waals surface area contributed by atoms with Crippen molar-refractivity contribution in [3.8, 4) is 0 Å². The van der Waals surface area contributed by atoms with Crippen LogP contribution in [-0.4, -0.2) is 58.9 Å². The third kappa shape index (κ3) is 3.37. The van der Waals surface area contributed by atoms with Crippen LogP contribution in [0.3, 0.4) is 0 Å². The quantitative estimate of drug-likeness (QED) is 0.815. The minimum atomic E-state index is -0.488. The van der Waals surface area contributed by atoms with Gasteiger partial charge in [-0.3, -0.25) is 9.59 Å². The first-order chi connectivity index (χ1) is 12.1. The number of anilines is 1. The van der Waals surface area contributed by atoms with Crippen molar-refractivity contribution >= 4 is 40.1 Å². The number of benzene rings is 1. The number of rotatable bonds is 2. The molecule has 2 heterocycles. The number of hydrogen-bond acceptors (Lipinski definition) is 5. The van der Waals surface area contributed by atoms with Gasteiger partial charge in [0, 0.05) is 42.6 Å². The zero-order valence-electron chi connectivity index (χ0n) is 13.6. The van der Waals surface area contributed by atoms with Crippen LogP contribution in [0.15, 0.2) is 24.5 Å². The van der Waals surface area contributed by atoms with Crippen molar-refractivity contribution in [1.82, 2.24) is 20.2 Å². The van der Waals surface area contributed by atoms with Crippen LogP contribution in [0.25, 0.3) is 10.9 Å². The van der Waals surface area contributed by atoms with Crippen LogP contribution >= 0.6 is 11.6 Å². The molecule has 1 aliphatic heterocycles. The summed E-state index contributed by atoms with van der Waals surface area (Å²) in [7, 11) is 0. The predicted octanol–water partition coefficient (Wildman–Crippen LogP) is 1.21. The molecule has 2 fully saturated rings. The molecule has 2 aromatic rings. The molecule has 1 saturated carbocycles. The highest BCUT2D eigenvalue weighted by molar-refractivity contribution is 6.35. The van der Waals surface area contributed by atoms with E-state index in [1.165, 1.54) is 6.33 Å². The second-order valence-corrected chi connectivity index (χ2v) is 6.82. The molecule has 0 radical (unpaired) electrons. The molecular formula is C17H18ClN5O2. The maximum absolute atomic E-state index is 12.2. The Morgan fingerprint density at radius 3 is 2.60 bits per heavy atom. The third-order valence-corrected chi connectivity index (χ3v) is 4.79. The van der Waals surface area contributed by atoms with Crippen molar-refractivity contribution in [2.45, 2.75) is 18.9 Å². The van der Waals surface area contributed by atoms with E-state index in [1.54, 1.807) is 4.90 Å². The molecule has 1 aromatic carbocycles. The lowest BCUT2D eigenvalue weighted by Crippen LogP contribution is -2.53. The average molecular weight is 360 g/mol. The van der Waals surface area contributed by atoms with E-state index in [4.69, 9.17) is 11.6 Å². The first-order valence-electron chi connectivity index (χ1n) is 8.37. The van der Waals surface area contributed by atoms with Gasteiger partial charge in [0.15, 0.2) is 0 Å². The molecule has 0 atom stereocenters. The first kappa shape index (κ1) is 16.1. The van der Waals surface area contributed by atoms with Crippen LogP contribution in [0, 0.1) is 0 Å². The van der Waals surface area contributed by atoms with Gasteiger partial charge < -0.3 is 15.1 Å². The van der Waals surface area contributed by atoms with Gasteiger partial charge in [-0.25, -0.2) is 9.97 Å². The van der Waals surface area contributed by atoms with Gasteiger partial charge in [-0.1, -0.05) is 11.6 Å². The average Bonchev–Trinajstić information content (AvgIpc) is 3.44. The van der Waals surface area contributed by atoms with Gasteiger partial charge in [0.05, 0.1) is 5.52 Å². The molecule has 0 spiro atoms. The molecule has 2 amide bonds. The van der Waals surface area contributed by atoms with Crippen molar-refractivity contribution in [2.75, 3.05) is 31.1 Å². The Labute approximate surface area is 150 Å². The van der Waals surface area contributed by atoms with E-state index < -0.39 is 11.8 Å². The lowest BCUT2D eigenvalue weighted by Gasteiger charge is -2.35. The predicted molar refractivity (Wildman–Crippen MR) is 94.5 cm³/mol. The number of aromatic nitrogens is 2. The summed E-state index contributed by atoms with van der Waals surface area (Å²) in [6.45, 7) is 2.24. The Balaban J connectivity index is 1.45. The maximum Gasteiger partial charge on any atom is 0.312 e. The Kier molecular flexibility index (Phi) is 4.17. The van der Waals surface area contributed by atoms with E-state index in [0.29, 0.717) is 31.2 Å². The van der Waals surface area contributed by atoms with Crippen molar-refractivity contribution in [2.24, 2.45) is 0 Å².